The molecule has 0 aliphatic heterocycles. The predicted molar refractivity (Wildman–Crippen MR) is 52.0 cm³/mol. The first-order valence-electron chi connectivity index (χ1n) is 4.25. The van der Waals surface area contributed by atoms with E-state index in [1.54, 1.807) is 12.1 Å². The van der Waals surface area contributed by atoms with Gasteiger partial charge < -0.3 is 15.6 Å². The Labute approximate surface area is 78.1 Å². The van der Waals surface area contributed by atoms with E-state index in [0.717, 1.165) is 12.0 Å². The van der Waals surface area contributed by atoms with Crippen LogP contribution in [0.5, 0.6) is 11.5 Å². The van der Waals surface area contributed by atoms with Gasteiger partial charge in [0.1, 0.15) is 0 Å². The molecule has 1 aromatic rings. The van der Waals surface area contributed by atoms with E-state index in [4.69, 9.17) is 10.5 Å². The molecule has 0 saturated heterocycles. The summed E-state index contributed by atoms with van der Waals surface area (Å²) in [6.45, 7) is 1.94. The lowest BCUT2D eigenvalue weighted by molar-refractivity contribution is 0.373. The molecule has 0 aliphatic carbocycles. The Morgan fingerprint density at radius 2 is 2.23 bits per heavy atom. The number of phenols is 1. The Hall–Kier alpha value is -1.22. The van der Waals surface area contributed by atoms with Gasteiger partial charge in [0.2, 0.25) is 0 Å². The first kappa shape index (κ1) is 9.86. The number of nitrogens with two attached hydrogens (primary N) is 1. The molecule has 13 heavy (non-hydrogen) atoms. The van der Waals surface area contributed by atoms with Crippen LogP contribution >= 0.6 is 0 Å². The van der Waals surface area contributed by atoms with Gasteiger partial charge in [0.25, 0.3) is 0 Å². The summed E-state index contributed by atoms with van der Waals surface area (Å²) in [5, 5.41) is 9.31. The quantitative estimate of drug-likeness (QED) is 0.738. The standard InChI is InChI=1S/C10H15NO2/c1-7(11)5-8-3-4-9(12)10(6-8)13-2/h3-4,6-7,12H,5,11H2,1-2H3/t7-/m1/s1. The lowest BCUT2D eigenvalue weighted by Crippen LogP contribution is -2.17. The number of phenolic OH excluding ortho intramolecular Hbond substituents is 1. The zero-order valence-corrected chi connectivity index (χ0v) is 7.95. The Morgan fingerprint density at radius 3 is 2.77 bits per heavy atom. The molecule has 1 aromatic carbocycles. The van der Waals surface area contributed by atoms with Crippen LogP contribution < -0.4 is 10.5 Å². The van der Waals surface area contributed by atoms with Crippen LogP contribution in [-0.2, 0) is 6.42 Å². The molecule has 0 amide bonds. The van der Waals surface area contributed by atoms with Crippen LogP contribution in [0.15, 0.2) is 18.2 Å². The van der Waals surface area contributed by atoms with Gasteiger partial charge in [-0.1, -0.05) is 6.07 Å². The summed E-state index contributed by atoms with van der Waals surface area (Å²) in [5.41, 5.74) is 6.72. The molecule has 0 spiro atoms. The summed E-state index contributed by atoms with van der Waals surface area (Å²) in [5.74, 6) is 0.661. The molecule has 0 aliphatic rings. The SMILES string of the molecule is COc1cc(C[C@@H](C)N)ccc1O. The van der Waals surface area contributed by atoms with Crippen molar-refractivity contribution < 1.29 is 9.84 Å². The molecule has 3 N–H and O–H groups in total. The molecule has 3 nitrogen and oxygen atoms in total. The summed E-state index contributed by atoms with van der Waals surface area (Å²) < 4.78 is 4.98. The molecule has 0 saturated carbocycles. The monoisotopic (exact) mass is 181 g/mol. The predicted octanol–water partition coefficient (Wildman–Crippen LogP) is 1.29. The molecule has 0 radical (unpaired) electrons. The van der Waals surface area contributed by atoms with Gasteiger partial charge in [0.05, 0.1) is 7.11 Å². The summed E-state index contributed by atoms with van der Waals surface area (Å²) in [6.07, 6.45) is 0.788. The van der Waals surface area contributed by atoms with E-state index in [9.17, 15) is 5.11 Å². The number of benzene rings is 1. The average Bonchev–Trinajstić information content (AvgIpc) is 2.07. The van der Waals surface area contributed by atoms with Crippen molar-refractivity contribution in [2.75, 3.05) is 7.11 Å². The smallest absolute Gasteiger partial charge is 0.160 e. The summed E-state index contributed by atoms with van der Waals surface area (Å²) in [6, 6.07) is 5.39. The van der Waals surface area contributed by atoms with Gasteiger partial charge in [-0.2, -0.15) is 0 Å². The molecule has 0 unspecified atom stereocenters. The largest absolute Gasteiger partial charge is 0.504 e. The van der Waals surface area contributed by atoms with Crippen molar-refractivity contribution in [3.05, 3.63) is 23.8 Å². The minimum absolute atomic E-state index is 0.120. The van der Waals surface area contributed by atoms with Gasteiger partial charge in [-0.3, -0.25) is 0 Å². The van der Waals surface area contributed by atoms with Crippen LogP contribution in [0.2, 0.25) is 0 Å². The average molecular weight is 181 g/mol. The third kappa shape index (κ3) is 2.63. The zero-order valence-electron chi connectivity index (χ0n) is 7.95. The van der Waals surface area contributed by atoms with Crippen molar-refractivity contribution in [1.29, 1.82) is 0 Å². The molecule has 1 rings (SSSR count). The molecular weight excluding hydrogens is 166 g/mol. The van der Waals surface area contributed by atoms with Crippen molar-refractivity contribution in [3.63, 3.8) is 0 Å². The van der Waals surface area contributed by atoms with E-state index in [2.05, 4.69) is 0 Å². The van der Waals surface area contributed by atoms with E-state index in [-0.39, 0.29) is 11.8 Å². The summed E-state index contributed by atoms with van der Waals surface area (Å²) in [4.78, 5) is 0. The lowest BCUT2D eigenvalue weighted by Gasteiger charge is -2.08. The Bertz CT molecular complexity index is 284. The van der Waals surface area contributed by atoms with Gasteiger partial charge >= 0.3 is 0 Å². The molecule has 72 valence electrons. The molecular formula is C10H15NO2. The second-order valence-corrected chi connectivity index (χ2v) is 3.19. The van der Waals surface area contributed by atoms with Crippen molar-refractivity contribution in [3.8, 4) is 11.5 Å². The lowest BCUT2D eigenvalue weighted by atomic mass is 10.1. The van der Waals surface area contributed by atoms with Crippen LogP contribution in [-0.4, -0.2) is 18.3 Å². The van der Waals surface area contributed by atoms with Gasteiger partial charge in [0, 0.05) is 6.04 Å². The maximum Gasteiger partial charge on any atom is 0.160 e. The number of ether oxygens (including phenoxy) is 1. The maximum atomic E-state index is 9.31. The summed E-state index contributed by atoms with van der Waals surface area (Å²) in [7, 11) is 1.53. The van der Waals surface area contributed by atoms with E-state index in [0.29, 0.717) is 5.75 Å². The number of methoxy groups -OCH3 is 1. The van der Waals surface area contributed by atoms with Gasteiger partial charge in [-0.25, -0.2) is 0 Å². The second kappa shape index (κ2) is 4.14. The van der Waals surface area contributed by atoms with Crippen LogP contribution in [0.4, 0.5) is 0 Å². The van der Waals surface area contributed by atoms with Crippen LogP contribution in [0.25, 0.3) is 0 Å². The van der Waals surface area contributed by atoms with Crippen LogP contribution in [0, 0.1) is 0 Å². The zero-order chi connectivity index (χ0) is 9.84. The highest BCUT2D eigenvalue weighted by Crippen LogP contribution is 2.26. The molecule has 0 heterocycles. The van der Waals surface area contributed by atoms with E-state index < -0.39 is 0 Å². The second-order valence-electron chi connectivity index (χ2n) is 3.19. The molecule has 0 aromatic heterocycles. The maximum absolute atomic E-state index is 9.31. The highest BCUT2D eigenvalue weighted by molar-refractivity contribution is 5.41. The van der Waals surface area contributed by atoms with Gasteiger partial charge in [0.15, 0.2) is 11.5 Å². The fraction of sp³-hybridized carbons (Fsp3) is 0.400. The number of rotatable bonds is 3. The Kier molecular flexibility index (Phi) is 3.14. The minimum Gasteiger partial charge on any atom is -0.504 e. The van der Waals surface area contributed by atoms with Crippen LogP contribution in [0.3, 0.4) is 0 Å². The first-order valence-corrected chi connectivity index (χ1v) is 4.25. The fourth-order valence-corrected chi connectivity index (χ4v) is 1.22. The summed E-state index contributed by atoms with van der Waals surface area (Å²) >= 11 is 0. The number of hydrogen-bond donors (Lipinski definition) is 2. The first-order chi connectivity index (χ1) is 6.13. The topological polar surface area (TPSA) is 55.5 Å². The highest BCUT2D eigenvalue weighted by Gasteiger charge is 2.03. The van der Waals surface area contributed by atoms with E-state index in [1.165, 1.54) is 7.11 Å². The third-order valence-corrected chi connectivity index (χ3v) is 1.80. The molecule has 0 fully saturated rings. The number of hydrogen-bond acceptors (Lipinski definition) is 3. The number of aromatic hydroxyl groups is 1. The van der Waals surface area contributed by atoms with Gasteiger partial charge in [-0.05, 0) is 31.0 Å². The highest BCUT2D eigenvalue weighted by atomic mass is 16.5. The van der Waals surface area contributed by atoms with Gasteiger partial charge in [-0.15, -0.1) is 0 Å². The van der Waals surface area contributed by atoms with Crippen molar-refractivity contribution in [1.82, 2.24) is 0 Å². The van der Waals surface area contributed by atoms with Crippen molar-refractivity contribution in [2.24, 2.45) is 5.73 Å². The Balaban J connectivity index is 2.86. The molecule has 0 bridgehead atoms. The van der Waals surface area contributed by atoms with Crippen LogP contribution in [0.1, 0.15) is 12.5 Å². The Morgan fingerprint density at radius 1 is 1.54 bits per heavy atom. The van der Waals surface area contributed by atoms with E-state index in [1.807, 2.05) is 13.0 Å². The third-order valence-electron chi connectivity index (χ3n) is 1.80. The molecule has 3 heteroatoms. The fourth-order valence-electron chi connectivity index (χ4n) is 1.22. The van der Waals surface area contributed by atoms with Crippen molar-refractivity contribution >= 4 is 0 Å². The normalized spacial score (nSPS) is 12.5. The molecule has 1 atom stereocenters. The van der Waals surface area contributed by atoms with Crippen molar-refractivity contribution in [2.45, 2.75) is 19.4 Å². The minimum atomic E-state index is 0.120. The van der Waals surface area contributed by atoms with E-state index >= 15 is 0 Å².